The molecule has 4 nitrogen and oxygen atoms in total. The number of carbonyl (C=O) groups is 1. The van der Waals surface area contributed by atoms with Crippen LogP contribution in [0.4, 0.5) is 0 Å². The molecule has 0 aromatic rings. The molecule has 88 valence electrons. The largest absolute Gasteiger partial charge is 0.464 e. The molecule has 2 atom stereocenters. The molecule has 1 aliphatic rings. The van der Waals surface area contributed by atoms with Gasteiger partial charge in [0.15, 0.2) is 6.10 Å². The first-order valence-corrected chi connectivity index (χ1v) is 5.24. The van der Waals surface area contributed by atoms with Gasteiger partial charge in [-0.15, -0.1) is 0 Å². The monoisotopic (exact) mass is 216 g/mol. The first-order chi connectivity index (χ1) is 6.84. The fourth-order valence-corrected chi connectivity index (χ4v) is 1.80. The lowest BCUT2D eigenvalue weighted by Gasteiger charge is -2.24. The Bertz CT molecular complexity index is 249. The van der Waals surface area contributed by atoms with Crippen molar-refractivity contribution in [1.29, 1.82) is 0 Å². The summed E-state index contributed by atoms with van der Waals surface area (Å²) in [7, 11) is 1.66. The van der Waals surface area contributed by atoms with Crippen molar-refractivity contribution < 1.29 is 19.0 Å². The van der Waals surface area contributed by atoms with Crippen LogP contribution in [0.2, 0.25) is 0 Å². The van der Waals surface area contributed by atoms with Gasteiger partial charge in [-0.2, -0.15) is 0 Å². The molecule has 2 unspecified atom stereocenters. The van der Waals surface area contributed by atoms with E-state index < -0.39 is 11.7 Å². The van der Waals surface area contributed by atoms with Crippen molar-refractivity contribution in [3.05, 3.63) is 0 Å². The number of ether oxygens (including phenoxy) is 3. The van der Waals surface area contributed by atoms with Gasteiger partial charge in [-0.1, -0.05) is 0 Å². The lowest BCUT2D eigenvalue weighted by atomic mass is 9.92. The van der Waals surface area contributed by atoms with Crippen LogP contribution in [0, 0.1) is 0 Å². The summed E-state index contributed by atoms with van der Waals surface area (Å²) in [6.45, 7) is 8.04. The van der Waals surface area contributed by atoms with Gasteiger partial charge >= 0.3 is 5.97 Å². The third kappa shape index (κ3) is 2.92. The predicted octanol–water partition coefficient (Wildman–Crippen LogP) is 1.52. The lowest BCUT2D eigenvalue weighted by molar-refractivity contribution is -0.144. The van der Waals surface area contributed by atoms with Crippen molar-refractivity contribution in [2.45, 2.75) is 51.4 Å². The summed E-state index contributed by atoms with van der Waals surface area (Å²) in [6, 6.07) is 0. The number of rotatable bonds is 5. The molecule has 0 saturated carbocycles. The average Bonchev–Trinajstić information content (AvgIpc) is 2.77. The third-order valence-electron chi connectivity index (χ3n) is 2.71. The summed E-state index contributed by atoms with van der Waals surface area (Å²) in [5.41, 5.74) is -0.707. The van der Waals surface area contributed by atoms with Crippen LogP contribution in [0.3, 0.4) is 0 Å². The maximum atomic E-state index is 11.4. The topological polar surface area (TPSA) is 48.1 Å². The highest BCUT2D eigenvalue weighted by atomic mass is 16.7. The fraction of sp³-hybridized carbons (Fsp3) is 0.909. The van der Waals surface area contributed by atoms with Crippen molar-refractivity contribution in [3.8, 4) is 0 Å². The average molecular weight is 216 g/mol. The van der Waals surface area contributed by atoms with Crippen molar-refractivity contribution in [1.82, 2.24) is 0 Å². The van der Waals surface area contributed by atoms with Crippen molar-refractivity contribution in [2.24, 2.45) is 0 Å². The molecule has 0 N–H and O–H groups in total. The quantitative estimate of drug-likeness (QED) is 0.516. The zero-order valence-corrected chi connectivity index (χ0v) is 10.1. The van der Waals surface area contributed by atoms with Crippen LogP contribution in [0.15, 0.2) is 0 Å². The Balaban J connectivity index is 2.49. The summed E-state index contributed by atoms with van der Waals surface area (Å²) in [5, 5.41) is 0. The van der Waals surface area contributed by atoms with Crippen LogP contribution in [0.5, 0.6) is 0 Å². The van der Waals surface area contributed by atoms with E-state index in [0.29, 0.717) is 13.0 Å². The van der Waals surface area contributed by atoms with E-state index in [1.165, 1.54) is 0 Å². The molecular formula is C11H20O4. The molecule has 1 saturated heterocycles. The summed E-state index contributed by atoms with van der Waals surface area (Å²) in [5.74, 6) is -0.271. The van der Waals surface area contributed by atoms with Crippen LogP contribution in [0.25, 0.3) is 0 Å². The molecule has 1 rings (SSSR count). The maximum absolute atomic E-state index is 11.4. The number of esters is 1. The molecule has 0 spiro atoms. The van der Waals surface area contributed by atoms with Crippen LogP contribution in [-0.4, -0.2) is 37.0 Å². The molecule has 0 aromatic carbocycles. The standard InChI is InChI=1S/C11H20O4/c1-6-14-9(12)8-11(4,15-8)7-10(2,3)13-5/h8H,6-7H2,1-5H3. The molecule has 0 bridgehead atoms. The second kappa shape index (κ2) is 4.10. The van der Waals surface area contributed by atoms with Gasteiger partial charge in [0.1, 0.15) is 5.60 Å². The molecule has 0 aromatic heterocycles. The van der Waals surface area contributed by atoms with Gasteiger partial charge in [0.05, 0.1) is 12.2 Å². The molecule has 1 fully saturated rings. The van der Waals surface area contributed by atoms with E-state index in [9.17, 15) is 4.79 Å². The van der Waals surface area contributed by atoms with Gasteiger partial charge in [0, 0.05) is 13.5 Å². The Kier molecular flexibility index (Phi) is 3.41. The highest BCUT2D eigenvalue weighted by molar-refractivity contribution is 5.79. The molecule has 1 aliphatic heterocycles. The van der Waals surface area contributed by atoms with Crippen molar-refractivity contribution in [2.75, 3.05) is 13.7 Å². The summed E-state index contributed by atoms with van der Waals surface area (Å²) < 4.78 is 15.6. The number of carbonyl (C=O) groups excluding carboxylic acids is 1. The zero-order valence-electron chi connectivity index (χ0n) is 10.1. The van der Waals surface area contributed by atoms with E-state index in [1.54, 1.807) is 14.0 Å². The minimum absolute atomic E-state index is 0.271. The van der Waals surface area contributed by atoms with Crippen LogP contribution < -0.4 is 0 Å². The predicted molar refractivity (Wildman–Crippen MR) is 55.6 cm³/mol. The first kappa shape index (κ1) is 12.5. The Morgan fingerprint density at radius 1 is 1.53 bits per heavy atom. The van der Waals surface area contributed by atoms with E-state index >= 15 is 0 Å². The lowest BCUT2D eigenvalue weighted by Crippen LogP contribution is -2.32. The number of epoxide rings is 1. The third-order valence-corrected chi connectivity index (χ3v) is 2.71. The van der Waals surface area contributed by atoms with E-state index in [4.69, 9.17) is 14.2 Å². The SMILES string of the molecule is CCOC(=O)C1OC1(C)CC(C)(C)OC. The minimum atomic E-state index is -0.425. The van der Waals surface area contributed by atoms with E-state index in [-0.39, 0.29) is 11.6 Å². The van der Waals surface area contributed by atoms with Gasteiger partial charge in [0.2, 0.25) is 0 Å². The summed E-state index contributed by atoms with van der Waals surface area (Å²) in [6.07, 6.45) is 0.256. The van der Waals surface area contributed by atoms with E-state index in [1.807, 2.05) is 20.8 Å². The van der Waals surface area contributed by atoms with Gasteiger partial charge in [-0.3, -0.25) is 0 Å². The van der Waals surface area contributed by atoms with E-state index in [0.717, 1.165) is 0 Å². The van der Waals surface area contributed by atoms with Gasteiger partial charge < -0.3 is 14.2 Å². The normalized spacial score (nSPS) is 30.1. The van der Waals surface area contributed by atoms with Crippen molar-refractivity contribution in [3.63, 3.8) is 0 Å². The molecule has 4 heteroatoms. The minimum Gasteiger partial charge on any atom is -0.464 e. The molecule has 1 heterocycles. The smallest absolute Gasteiger partial charge is 0.338 e. The van der Waals surface area contributed by atoms with Crippen LogP contribution in [-0.2, 0) is 19.0 Å². The van der Waals surface area contributed by atoms with E-state index in [2.05, 4.69) is 0 Å². The number of hydrogen-bond donors (Lipinski definition) is 0. The zero-order chi connectivity index (χ0) is 11.7. The van der Waals surface area contributed by atoms with Gasteiger partial charge in [-0.25, -0.2) is 4.79 Å². The van der Waals surface area contributed by atoms with Crippen molar-refractivity contribution >= 4 is 5.97 Å². The molecular weight excluding hydrogens is 196 g/mol. The fourth-order valence-electron chi connectivity index (χ4n) is 1.80. The molecule has 0 radical (unpaired) electrons. The Labute approximate surface area is 90.9 Å². The Hall–Kier alpha value is -0.610. The molecule has 0 amide bonds. The maximum Gasteiger partial charge on any atom is 0.338 e. The second-order valence-electron chi connectivity index (χ2n) is 4.70. The first-order valence-electron chi connectivity index (χ1n) is 5.24. The Morgan fingerprint density at radius 2 is 2.13 bits per heavy atom. The van der Waals surface area contributed by atoms with Crippen LogP contribution in [0.1, 0.15) is 34.1 Å². The highest BCUT2D eigenvalue weighted by Crippen LogP contribution is 2.43. The Morgan fingerprint density at radius 3 is 2.60 bits per heavy atom. The van der Waals surface area contributed by atoms with Gasteiger partial charge in [0.25, 0.3) is 0 Å². The highest BCUT2D eigenvalue weighted by Gasteiger charge is 2.59. The van der Waals surface area contributed by atoms with Crippen LogP contribution >= 0.6 is 0 Å². The van der Waals surface area contributed by atoms with Gasteiger partial charge in [-0.05, 0) is 27.7 Å². The number of hydrogen-bond acceptors (Lipinski definition) is 4. The summed E-state index contributed by atoms with van der Waals surface area (Å²) >= 11 is 0. The summed E-state index contributed by atoms with van der Waals surface area (Å²) in [4.78, 5) is 11.4. The number of methoxy groups -OCH3 is 1. The second-order valence-corrected chi connectivity index (χ2v) is 4.70. The molecule has 15 heavy (non-hydrogen) atoms. The molecule has 0 aliphatic carbocycles.